The topological polar surface area (TPSA) is 66.6 Å². The van der Waals surface area contributed by atoms with Crippen molar-refractivity contribution in [1.82, 2.24) is 4.90 Å². The van der Waals surface area contributed by atoms with Crippen molar-refractivity contribution in [2.24, 2.45) is 11.7 Å². The number of primary amides is 1. The molecule has 1 atom stereocenters. The summed E-state index contributed by atoms with van der Waals surface area (Å²) in [6, 6.07) is 5.65. The number of amides is 1. The molecule has 19 heavy (non-hydrogen) atoms. The molecular weight excluding hydrogens is 240 g/mol. The van der Waals surface area contributed by atoms with Crippen LogP contribution in [0.2, 0.25) is 0 Å². The van der Waals surface area contributed by atoms with E-state index in [1.807, 2.05) is 19.1 Å². The van der Waals surface area contributed by atoms with Gasteiger partial charge >= 0.3 is 0 Å². The number of hydrogen-bond acceptors (Lipinski definition) is 3. The van der Waals surface area contributed by atoms with Gasteiger partial charge in [0.2, 0.25) is 5.91 Å². The Morgan fingerprint density at radius 1 is 1.53 bits per heavy atom. The van der Waals surface area contributed by atoms with Crippen molar-refractivity contribution in [1.29, 1.82) is 0 Å². The van der Waals surface area contributed by atoms with E-state index < -0.39 is 0 Å². The molecule has 0 aliphatic carbocycles. The summed E-state index contributed by atoms with van der Waals surface area (Å²) in [5.74, 6) is 0.244. The van der Waals surface area contributed by atoms with Crippen LogP contribution in [0.1, 0.15) is 34.3 Å². The third-order valence-corrected chi connectivity index (χ3v) is 3.93. The van der Waals surface area contributed by atoms with Crippen LogP contribution in [0.4, 0.5) is 0 Å². The predicted molar refractivity (Wildman–Crippen MR) is 74.8 cm³/mol. The third-order valence-electron chi connectivity index (χ3n) is 3.93. The van der Waals surface area contributed by atoms with E-state index in [9.17, 15) is 4.79 Å². The van der Waals surface area contributed by atoms with Crippen molar-refractivity contribution in [3.63, 3.8) is 0 Å². The first kappa shape index (κ1) is 14.0. The second kappa shape index (κ2) is 6.17. The molecular formula is C15H22N2O2. The molecule has 1 aliphatic heterocycles. The van der Waals surface area contributed by atoms with Crippen molar-refractivity contribution in [3.8, 4) is 0 Å². The monoisotopic (exact) mass is 262 g/mol. The van der Waals surface area contributed by atoms with Crippen LogP contribution in [0.3, 0.4) is 0 Å². The zero-order valence-electron chi connectivity index (χ0n) is 11.4. The Morgan fingerprint density at radius 2 is 2.32 bits per heavy atom. The standard InChI is InChI=1S/C15H22N2O2/c1-11-8-13(15(16)19)2-3-14(11)10-17-6-4-12(9-17)5-7-18/h2-3,8,12,18H,4-7,9-10H2,1H3,(H2,16,19). The maximum absolute atomic E-state index is 11.1. The van der Waals surface area contributed by atoms with Crippen molar-refractivity contribution < 1.29 is 9.90 Å². The molecule has 1 aromatic rings. The van der Waals surface area contributed by atoms with Gasteiger partial charge in [-0.1, -0.05) is 6.07 Å². The second-order valence-electron chi connectivity index (χ2n) is 5.41. The molecule has 3 N–H and O–H groups in total. The number of carbonyl (C=O) groups is 1. The molecule has 4 heteroatoms. The average molecular weight is 262 g/mol. The van der Waals surface area contributed by atoms with E-state index in [1.165, 1.54) is 12.0 Å². The predicted octanol–water partition coefficient (Wildman–Crippen LogP) is 1.30. The Kier molecular flexibility index (Phi) is 4.56. The maximum atomic E-state index is 11.1. The molecule has 0 saturated carbocycles. The number of aryl methyl sites for hydroxylation is 1. The van der Waals surface area contributed by atoms with Crippen LogP contribution in [-0.2, 0) is 6.54 Å². The molecule has 4 nitrogen and oxygen atoms in total. The first-order chi connectivity index (χ1) is 9.10. The summed E-state index contributed by atoms with van der Waals surface area (Å²) >= 11 is 0. The highest BCUT2D eigenvalue weighted by Gasteiger charge is 2.22. The fraction of sp³-hybridized carbons (Fsp3) is 0.533. The highest BCUT2D eigenvalue weighted by atomic mass is 16.3. The molecule has 2 rings (SSSR count). The Hall–Kier alpha value is -1.39. The number of aliphatic hydroxyl groups is 1. The number of carbonyl (C=O) groups excluding carboxylic acids is 1. The molecule has 1 unspecified atom stereocenters. The van der Waals surface area contributed by atoms with Gasteiger partial charge in [0.05, 0.1) is 0 Å². The van der Waals surface area contributed by atoms with E-state index in [-0.39, 0.29) is 12.5 Å². The van der Waals surface area contributed by atoms with Gasteiger partial charge < -0.3 is 10.8 Å². The lowest BCUT2D eigenvalue weighted by molar-refractivity contribution is 0.1000. The smallest absolute Gasteiger partial charge is 0.248 e. The van der Waals surface area contributed by atoms with E-state index in [4.69, 9.17) is 10.8 Å². The summed E-state index contributed by atoms with van der Waals surface area (Å²) in [5, 5.41) is 8.97. The summed E-state index contributed by atoms with van der Waals surface area (Å²) in [7, 11) is 0. The van der Waals surface area contributed by atoms with Gasteiger partial charge in [0, 0.05) is 25.3 Å². The molecule has 1 heterocycles. The van der Waals surface area contributed by atoms with Crippen LogP contribution < -0.4 is 5.73 Å². The fourth-order valence-electron chi connectivity index (χ4n) is 2.74. The summed E-state index contributed by atoms with van der Waals surface area (Å²) in [6.45, 7) is 5.35. The van der Waals surface area contributed by atoms with Gasteiger partial charge in [-0.05, 0) is 55.5 Å². The number of likely N-dealkylation sites (tertiary alicyclic amines) is 1. The lowest BCUT2D eigenvalue weighted by Crippen LogP contribution is -2.21. The van der Waals surface area contributed by atoms with Gasteiger partial charge in [-0.15, -0.1) is 0 Å². The van der Waals surface area contributed by atoms with E-state index in [0.29, 0.717) is 11.5 Å². The van der Waals surface area contributed by atoms with Gasteiger partial charge in [0.25, 0.3) is 0 Å². The minimum atomic E-state index is -0.376. The van der Waals surface area contributed by atoms with Crippen LogP contribution in [0.5, 0.6) is 0 Å². The zero-order chi connectivity index (χ0) is 13.8. The lowest BCUT2D eigenvalue weighted by atomic mass is 10.0. The first-order valence-electron chi connectivity index (χ1n) is 6.82. The molecule has 1 saturated heterocycles. The summed E-state index contributed by atoms with van der Waals surface area (Å²) < 4.78 is 0. The molecule has 1 aromatic carbocycles. The summed E-state index contributed by atoms with van der Waals surface area (Å²) in [4.78, 5) is 13.5. The number of hydrogen-bond donors (Lipinski definition) is 2. The Labute approximate surface area is 114 Å². The maximum Gasteiger partial charge on any atom is 0.248 e. The molecule has 1 amide bonds. The molecule has 0 bridgehead atoms. The summed E-state index contributed by atoms with van der Waals surface area (Å²) in [5.41, 5.74) is 8.20. The largest absolute Gasteiger partial charge is 0.396 e. The average Bonchev–Trinajstić information content (AvgIpc) is 2.79. The van der Waals surface area contributed by atoms with E-state index in [2.05, 4.69) is 4.90 Å². The fourth-order valence-corrected chi connectivity index (χ4v) is 2.74. The molecule has 0 spiro atoms. The van der Waals surface area contributed by atoms with Crippen LogP contribution in [0.15, 0.2) is 18.2 Å². The van der Waals surface area contributed by atoms with Crippen molar-refractivity contribution in [2.45, 2.75) is 26.3 Å². The number of nitrogens with two attached hydrogens (primary N) is 1. The Bertz CT molecular complexity index is 459. The first-order valence-corrected chi connectivity index (χ1v) is 6.82. The normalized spacial score (nSPS) is 19.8. The molecule has 104 valence electrons. The van der Waals surface area contributed by atoms with Crippen molar-refractivity contribution >= 4 is 5.91 Å². The van der Waals surface area contributed by atoms with Crippen LogP contribution in [-0.4, -0.2) is 35.6 Å². The van der Waals surface area contributed by atoms with E-state index in [1.54, 1.807) is 6.07 Å². The quantitative estimate of drug-likeness (QED) is 0.840. The molecule has 1 fully saturated rings. The van der Waals surface area contributed by atoms with Gasteiger partial charge in [-0.3, -0.25) is 9.69 Å². The number of nitrogens with zero attached hydrogens (tertiary/aromatic N) is 1. The second-order valence-corrected chi connectivity index (χ2v) is 5.41. The van der Waals surface area contributed by atoms with E-state index in [0.717, 1.165) is 31.6 Å². The van der Waals surface area contributed by atoms with Gasteiger partial charge in [0.1, 0.15) is 0 Å². The van der Waals surface area contributed by atoms with Gasteiger partial charge in [0.15, 0.2) is 0 Å². The zero-order valence-corrected chi connectivity index (χ0v) is 11.4. The van der Waals surface area contributed by atoms with Crippen LogP contribution >= 0.6 is 0 Å². The SMILES string of the molecule is Cc1cc(C(N)=O)ccc1CN1CCC(CCO)C1. The molecule has 0 aromatic heterocycles. The van der Waals surface area contributed by atoms with Crippen LogP contribution in [0, 0.1) is 12.8 Å². The highest BCUT2D eigenvalue weighted by Crippen LogP contribution is 2.22. The lowest BCUT2D eigenvalue weighted by Gasteiger charge is -2.17. The Balaban J connectivity index is 1.98. The molecule has 0 radical (unpaired) electrons. The minimum Gasteiger partial charge on any atom is -0.396 e. The Morgan fingerprint density at radius 3 is 2.95 bits per heavy atom. The number of aliphatic hydroxyl groups excluding tert-OH is 1. The van der Waals surface area contributed by atoms with E-state index >= 15 is 0 Å². The number of benzene rings is 1. The van der Waals surface area contributed by atoms with Crippen molar-refractivity contribution in [3.05, 3.63) is 34.9 Å². The minimum absolute atomic E-state index is 0.283. The van der Waals surface area contributed by atoms with Gasteiger partial charge in [-0.25, -0.2) is 0 Å². The third kappa shape index (κ3) is 3.55. The highest BCUT2D eigenvalue weighted by molar-refractivity contribution is 5.93. The van der Waals surface area contributed by atoms with Gasteiger partial charge in [-0.2, -0.15) is 0 Å². The number of rotatable bonds is 5. The van der Waals surface area contributed by atoms with Crippen molar-refractivity contribution in [2.75, 3.05) is 19.7 Å². The molecule has 1 aliphatic rings. The van der Waals surface area contributed by atoms with Crippen LogP contribution in [0.25, 0.3) is 0 Å². The summed E-state index contributed by atoms with van der Waals surface area (Å²) in [6.07, 6.45) is 2.06.